The molecule has 8 heterocycles. The molecule has 0 aliphatic carbocycles. The number of thioether (sulfide) groups is 1. The van der Waals surface area contributed by atoms with Crippen molar-refractivity contribution in [3.63, 3.8) is 0 Å². The minimum Gasteiger partial charge on any atom is -0.468 e. The Hall–Kier alpha value is -9.85. The van der Waals surface area contributed by atoms with Gasteiger partial charge in [0.2, 0.25) is 0 Å². The maximum Gasteiger partial charge on any atom is 0.328 e. The van der Waals surface area contributed by atoms with Crippen LogP contribution in [0, 0.1) is 55.4 Å². The summed E-state index contributed by atoms with van der Waals surface area (Å²) in [6, 6.07) is 39.8. The van der Waals surface area contributed by atoms with Crippen LogP contribution in [-0.2, 0) is 64.3 Å². The van der Waals surface area contributed by atoms with Crippen LogP contribution in [0.4, 0.5) is 0 Å². The Morgan fingerprint density at radius 1 is 0.424 bits per heavy atom. The maximum absolute atomic E-state index is 12.1. The van der Waals surface area contributed by atoms with Gasteiger partial charge in [-0.25, -0.2) is 19.9 Å². The standard InChI is InChI=1S/C19H23N5O2S.C17H18N4O2S2.C17H18N4O2S.C16H16N4O2S/c1-13-6-5-7-15(10-13)18-20-19(27-22-18)16-11-14(2)21-24(16)12-17(25)26-9-8-23(3)4;1-11-5-4-6-13(7-11)16-18-17(25-20-16)14-8-12(2)19-21(14)9-15(22)23-10-24-3;1-4-23-15(22)10-21-14(9-12(3)19-21)17-18-16(20-24-17)13-7-5-6-11(2)8-13;1-10-5-4-6-12(7-10)15-17-16(23-19-15)13-8-11(2)18-20(13)9-14(21)22-3/h5-7,10-11H,8-9,12H2,1-4H3;4-8H,9-10H2,1-3H3;5-9H,4,10H2,1-3H3;4-8H,9H2,1-3H3. The maximum atomic E-state index is 12.1. The third kappa shape index (κ3) is 20.8. The number of rotatable bonds is 22. The second kappa shape index (κ2) is 35.1. The van der Waals surface area contributed by atoms with Crippen LogP contribution in [0.2, 0.25) is 0 Å². The van der Waals surface area contributed by atoms with Crippen molar-refractivity contribution < 1.29 is 38.1 Å². The number of carbonyl (C=O) groups excluding carboxylic acids is 4. The van der Waals surface area contributed by atoms with Gasteiger partial charge < -0.3 is 23.8 Å². The second-order valence-electron chi connectivity index (χ2n) is 22.8. The molecule has 0 fully saturated rings. The van der Waals surface area contributed by atoms with E-state index in [1.165, 1.54) is 65.0 Å². The van der Waals surface area contributed by atoms with E-state index in [4.69, 9.17) is 18.9 Å². The Bertz CT molecular complexity index is 4710. The van der Waals surface area contributed by atoms with Gasteiger partial charge in [0.25, 0.3) is 0 Å². The Morgan fingerprint density at radius 2 is 0.717 bits per heavy atom. The summed E-state index contributed by atoms with van der Waals surface area (Å²) in [5.41, 5.74) is 14.9. The smallest absolute Gasteiger partial charge is 0.328 e. The second-order valence-corrected chi connectivity index (χ2v) is 26.6. The fraction of sp³-hybridized carbons (Fsp3) is 0.304. The van der Waals surface area contributed by atoms with Crippen LogP contribution < -0.4 is 0 Å². The quantitative estimate of drug-likeness (QED) is 0.0346. The average molecular weight is 1430 g/mol. The highest BCUT2D eigenvalue weighted by Crippen LogP contribution is 2.32. The number of likely N-dealkylation sites (N-methyl/N-ethyl adjacent to an activating group) is 1. The molecule has 0 saturated heterocycles. The Labute approximate surface area is 593 Å². The lowest BCUT2D eigenvalue weighted by atomic mass is 10.1. The van der Waals surface area contributed by atoms with Crippen LogP contribution in [-0.4, -0.2) is 158 Å². The van der Waals surface area contributed by atoms with Crippen LogP contribution >= 0.6 is 57.9 Å². The van der Waals surface area contributed by atoms with E-state index in [2.05, 4.69) is 63.9 Å². The molecule has 0 aliphatic heterocycles. The molecule has 30 heteroatoms. The third-order valence-corrected chi connectivity index (χ3v) is 17.4. The van der Waals surface area contributed by atoms with E-state index in [1.807, 2.05) is 196 Å². The number of esters is 4. The van der Waals surface area contributed by atoms with Gasteiger partial charge in [0.1, 0.15) is 38.7 Å². The molecule has 0 aliphatic rings. The SMILES string of the molecule is CCOC(=O)Cn1nc(C)cc1-c1nc(-c2cccc(C)c2)ns1.COC(=O)Cn1nc(C)cc1-c1nc(-c2cccc(C)c2)ns1.CSCOC(=O)Cn1nc(C)cc1-c1nc(-c2cccc(C)c2)ns1.Cc1cccc(-c2nsc(-c3cc(C)nn3CC(=O)OCCN(C)C)n2)c1. The molecule has 4 aromatic carbocycles. The van der Waals surface area contributed by atoms with Crippen molar-refractivity contribution in [1.82, 2.24) is 81.5 Å². The summed E-state index contributed by atoms with van der Waals surface area (Å²) in [6.45, 7) is 19.1. The number of aryl methyl sites for hydroxylation is 8. The van der Waals surface area contributed by atoms with Crippen molar-refractivity contribution in [2.45, 2.75) is 88.5 Å². The van der Waals surface area contributed by atoms with Gasteiger partial charge in [-0.15, -0.1) is 11.8 Å². The molecule has 25 nitrogen and oxygen atoms in total. The van der Waals surface area contributed by atoms with Gasteiger partial charge in [0.05, 0.1) is 59.3 Å². The Balaban J connectivity index is 0.000000154. The zero-order valence-corrected chi connectivity index (χ0v) is 61.2. The number of benzene rings is 4. The minimum absolute atomic E-state index is 0.0515. The van der Waals surface area contributed by atoms with Gasteiger partial charge in [0.15, 0.2) is 43.3 Å². The summed E-state index contributed by atoms with van der Waals surface area (Å²) in [5, 5.41) is 20.4. The van der Waals surface area contributed by atoms with Crippen molar-refractivity contribution >= 4 is 81.8 Å². The Morgan fingerprint density at radius 3 is 0.990 bits per heavy atom. The van der Waals surface area contributed by atoms with Crippen LogP contribution in [0.15, 0.2) is 121 Å². The van der Waals surface area contributed by atoms with Gasteiger partial charge in [0, 0.05) is 28.8 Å². The first-order valence-corrected chi connectivity index (χ1v) is 35.6. The first-order chi connectivity index (χ1) is 47.6. The van der Waals surface area contributed by atoms with E-state index in [9.17, 15) is 19.2 Å². The molecule has 0 N–H and O–H groups in total. The zero-order chi connectivity index (χ0) is 70.7. The third-order valence-electron chi connectivity index (χ3n) is 14.1. The molecule has 12 rings (SSSR count). The van der Waals surface area contributed by atoms with Gasteiger partial charge in [-0.1, -0.05) is 95.1 Å². The van der Waals surface area contributed by atoms with Crippen LogP contribution in [0.5, 0.6) is 0 Å². The first kappa shape index (κ1) is 73.4. The van der Waals surface area contributed by atoms with Gasteiger partial charge in [-0.2, -0.15) is 37.9 Å². The normalized spacial score (nSPS) is 10.9. The van der Waals surface area contributed by atoms with Gasteiger partial charge in [-0.3, -0.25) is 37.9 Å². The summed E-state index contributed by atoms with van der Waals surface area (Å²) >= 11 is 6.64. The van der Waals surface area contributed by atoms with E-state index >= 15 is 0 Å². The molecule has 514 valence electrons. The van der Waals surface area contributed by atoms with E-state index in [-0.39, 0.29) is 50.1 Å². The average Bonchev–Trinajstić information content (AvgIpc) is 1.69. The summed E-state index contributed by atoms with van der Waals surface area (Å²) in [6.07, 6.45) is 1.88. The highest BCUT2D eigenvalue weighted by atomic mass is 32.2. The van der Waals surface area contributed by atoms with E-state index in [0.29, 0.717) is 49.0 Å². The van der Waals surface area contributed by atoms with E-state index < -0.39 is 0 Å². The first-order valence-electron chi connectivity index (χ1n) is 31.1. The van der Waals surface area contributed by atoms with E-state index in [0.717, 1.165) is 110 Å². The van der Waals surface area contributed by atoms with Crippen LogP contribution in [0.3, 0.4) is 0 Å². The molecule has 0 bridgehead atoms. The molecular weight excluding hydrogens is 1360 g/mol. The molecular formula is C69H75N17O8S5. The largest absolute Gasteiger partial charge is 0.468 e. The molecule has 0 saturated carbocycles. The van der Waals surface area contributed by atoms with Crippen LogP contribution in [0.25, 0.3) is 88.4 Å². The summed E-state index contributed by atoms with van der Waals surface area (Å²) in [5.74, 6) is 1.76. The van der Waals surface area contributed by atoms with Gasteiger partial charge >= 0.3 is 23.9 Å². The van der Waals surface area contributed by atoms with Crippen molar-refractivity contribution in [1.29, 1.82) is 0 Å². The lowest BCUT2D eigenvalue weighted by molar-refractivity contribution is -0.145. The fourth-order valence-corrected chi connectivity index (χ4v) is 12.7. The topological polar surface area (TPSA) is 283 Å². The number of hydrogen-bond donors (Lipinski definition) is 0. The lowest BCUT2D eigenvalue weighted by Gasteiger charge is -2.10. The number of hydrogen-bond acceptors (Lipinski definition) is 26. The van der Waals surface area contributed by atoms with Crippen molar-refractivity contribution in [3.05, 3.63) is 166 Å². The number of nitrogens with zero attached hydrogens (tertiary/aromatic N) is 17. The Kier molecular flexibility index (Phi) is 26.0. The predicted molar refractivity (Wildman–Crippen MR) is 387 cm³/mol. The lowest BCUT2D eigenvalue weighted by Crippen LogP contribution is -2.22. The van der Waals surface area contributed by atoms with Crippen molar-refractivity contribution in [2.24, 2.45) is 0 Å². The van der Waals surface area contributed by atoms with Crippen LogP contribution in [0.1, 0.15) is 52.0 Å². The molecule has 12 aromatic rings. The predicted octanol–water partition coefficient (Wildman–Crippen LogP) is 12.4. The highest BCUT2D eigenvalue weighted by molar-refractivity contribution is 7.98. The summed E-state index contributed by atoms with van der Waals surface area (Å²) < 4.78 is 44.4. The molecule has 0 radical (unpaired) electrons. The zero-order valence-electron chi connectivity index (χ0n) is 57.1. The molecule has 0 amide bonds. The molecule has 0 atom stereocenters. The number of carbonyl (C=O) groups is 4. The molecule has 0 spiro atoms. The van der Waals surface area contributed by atoms with Crippen molar-refractivity contribution in [2.75, 3.05) is 53.2 Å². The highest BCUT2D eigenvalue weighted by Gasteiger charge is 2.22. The summed E-state index contributed by atoms with van der Waals surface area (Å²) in [4.78, 5) is 67.7. The fourth-order valence-electron chi connectivity index (χ4n) is 9.59. The molecule has 99 heavy (non-hydrogen) atoms. The number of methoxy groups -OCH3 is 1. The van der Waals surface area contributed by atoms with Gasteiger partial charge in [-0.05, 0) is 177 Å². The summed E-state index contributed by atoms with van der Waals surface area (Å²) in [7, 11) is 5.23. The molecule has 0 unspecified atom stereocenters. The number of ether oxygens (including phenoxy) is 4. The van der Waals surface area contributed by atoms with Crippen molar-refractivity contribution in [3.8, 4) is 88.4 Å². The number of aromatic nitrogens is 16. The molecule has 8 aromatic heterocycles. The van der Waals surface area contributed by atoms with E-state index in [1.54, 1.807) is 25.7 Å². The monoisotopic (exact) mass is 1430 g/mol. The minimum atomic E-state index is -0.349.